The van der Waals surface area contributed by atoms with Crippen molar-refractivity contribution in [2.24, 2.45) is 0 Å². The number of rotatable bonds is 0. The molecule has 0 aromatic rings. The molecule has 0 atom stereocenters. The van der Waals surface area contributed by atoms with Crippen molar-refractivity contribution in [2.75, 3.05) is 0 Å². The molecule has 0 saturated carbocycles. The van der Waals surface area contributed by atoms with E-state index in [4.69, 9.17) is 15.0 Å². The molecule has 4 heteroatoms. The van der Waals surface area contributed by atoms with Crippen molar-refractivity contribution < 1.29 is 19.8 Å². The predicted octanol–water partition coefficient (Wildman–Crippen LogP) is 1.13. The lowest BCUT2D eigenvalue weighted by Gasteiger charge is -1.71. The third-order valence-corrected chi connectivity index (χ3v) is 0.861. The van der Waals surface area contributed by atoms with E-state index in [1.807, 2.05) is 6.08 Å². The van der Waals surface area contributed by atoms with Crippen molar-refractivity contribution in [3.05, 3.63) is 12.2 Å². The number of carbonyl (C=O) groups is 2. The second-order valence-corrected chi connectivity index (χ2v) is 1.69. The normalized spacial score (nSPS) is 14.2. The van der Waals surface area contributed by atoms with Gasteiger partial charge in [-0.05, 0) is 12.5 Å². The maximum absolute atomic E-state index is 10.2. The maximum Gasteiger partial charge on any atom is 0.503 e. The van der Waals surface area contributed by atoms with Gasteiger partial charge in [-0.15, -0.1) is 0 Å². The Morgan fingerprint density at radius 1 is 1.50 bits per heavy atom. The Morgan fingerprint density at radius 3 is 2.10 bits per heavy atom. The van der Waals surface area contributed by atoms with E-state index in [-0.39, 0.29) is 5.78 Å². The summed E-state index contributed by atoms with van der Waals surface area (Å²) in [5.41, 5.74) is 0. The molecule has 0 radical (unpaired) electrons. The van der Waals surface area contributed by atoms with Crippen molar-refractivity contribution in [3.63, 3.8) is 0 Å². The molecule has 0 spiro atoms. The summed E-state index contributed by atoms with van der Waals surface area (Å²) in [7, 11) is 0. The van der Waals surface area contributed by atoms with Crippen LogP contribution in [0.3, 0.4) is 0 Å². The van der Waals surface area contributed by atoms with E-state index < -0.39 is 6.16 Å². The van der Waals surface area contributed by atoms with Crippen LogP contribution in [0.2, 0.25) is 0 Å². The summed E-state index contributed by atoms with van der Waals surface area (Å²) in [6.45, 7) is 0. The minimum Gasteiger partial charge on any atom is -0.450 e. The minimum atomic E-state index is -1.83. The first kappa shape index (κ1) is 8.68. The zero-order valence-corrected chi connectivity index (χ0v) is 5.28. The summed E-state index contributed by atoms with van der Waals surface area (Å²) >= 11 is 0. The van der Waals surface area contributed by atoms with Gasteiger partial charge in [0.25, 0.3) is 0 Å². The van der Waals surface area contributed by atoms with Crippen molar-refractivity contribution in [1.82, 2.24) is 0 Å². The summed E-state index contributed by atoms with van der Waals surface area (Å²) in [4.78, 5) is 18.7. The van der Waals surface area contributed by atoms with E-state index in [0.29, 0.717) is 0 Å². The van der Waals surface area contributed by atoms with Crippen LogP contribution in [-0.2, 0) is 4.79 Å². The van der Waals surface area contributed by atoms with Crippen LogP contribution in [0.4, 0.5) is 4.79 Å². The highest BCUT2D eigenvalue weighted by molar-refractivity contribution is 5.91. The van der Waals surface area contributed by atoms with Gasteiger partial charge in [-0.1, -0.05) is 6.08 Å². The maximum atomic E-state index is 10.2. The third kappa shape index (κ3) is 6.68. The molecule has 0 heterocycles. The molecule has 0 aromatic carbocycles. The van der Waals surface area contributed by atoms with Crippen molar-refractivity contribution in [2.45, 2.75) is 12.8 Å². The Morgan fingerprint density at radius 2 is 2.00 bits per heavy atom. The summed E-state index contributed by atoms with van der Waals surface area (Å²) in [6.07, 6.45) is 3.40. The highest BCUT2D eigenvalue weighted by atomic mass is 16.6. The van der Waals surface area contributed by atoms with Crippen molar-refractivity contribution in [3.8, 4) is 0 Å². The summed E-state index contributed by atoms with van der Waals surface area (Å²) < 4.78 is 0. The van der Waals surface area contributed by atoms with Crippen LogP contribution in [0.15, 0.2) is 12.2 Å². The summed E-state index contributed by atoms with van der Waals surface area (Å²) in [5.74, 6) is 0.273. The van der Waals surface area contributed by atoms with E-state index in [1.165, 1.54) is 0 Å². The summed E-state index contributed by atoms with van der Waals surface area (Å²) in [6, 6.07) is 0. The minimum absolute atomic E-state index is 0.273. The van der Waals surface area contributed by atoms with Crippen LogP contribution in [0.1, 0.15) is 12.8 Å². The van der Waals surface area contributed by atoms with Crippen LogP contribution in [0, 0.1) is 0 Å². The van der Waals surface area contributed by atoms with Gasteiger partial charge in [-0.2, -0.15) is 0 Å². The Hall–Kier alpha value is -1.32. The van der Waals surface area contributed by atoms with E-state index in [0.717, 1.165) is 12.8 Å². The molecule has 0 aromatic heterocycles. The highest BCUT2D eigenvalue weighted by Crippen LogP contribution is 2.01. The fourth-order valence-corrected chi connectivity index (χ4v) is 0.524. The standard InChI is InChI=1S/C5H6O.CH2O3/c6-5-3-1-2-4-5;2-1(3)4/h1,3H,2,4H2;(H2,2,3,4). The van der Waals surface area contributed by atoms with Crippen molar-refractivity contribution >= 4 is 11.9 Å². The average molecular weight is 144 g/mol. The van der Waals surface area contributed by atoms with Gasteiger partial charge in [0, 0.05) is 6.42 Å². The molecule has 0 unspecified atom stereocenters. The SMILES string of the molecule is O=C(O)O.O=C1C=CCC1. The third-order valence-electron chi connectivity index (χ3n) is 0.861. The molecule has 2 N–H and O–H groups in total. The molecule has 1 aliphatic carbocycles. The fourth-order valence-electron chi connectivity index (χ4n) is 0.524. The average Bonchev–Trinajstić information content (AvgIpc) is 2.15. The number of ketones is 1. The lowest BCUT2D eigenvalue weighted by molar-refractivity contribution is -0.114. The molecular formula is C6H8O4. The van der Waals surface area contributed by atoms with Crippen LogP contribution in [0.25, 0.3) is 0 Å². The molecule has 0 fully saturated rings. The quantitative estimate of drug-likeness (QED) is 0.534. The highest BCUT2D eigenvalue weighted by Gasteiger charge is 1.98. The first-order chi connectivity index (χ1) is 4.63. The molecule has 0 bridgehead atoms. The van der Waals surface area contributed by atoms with Gasteiger partial charge < -0.3 is 10.2 Å². The second-order valence-electron chi connectivity index (χ2n) is 1.69. The topological polar surface area (TPSA) is 74.6 Å². The van der Waals surface area contributed by atoms with E-state index >= 15 is 0 Å². The Bertz CT molecular complexity index is 155. The van der Waals surface area contributed by atoms with Crippen molar-refractivity contribution in [1.29, 1.82) is 0 Å². The molecule has 0 aliphatic heterocycles. The predicted molar refractivity (Wildman–Crippen MR) is 34.0 cm³/mol. The smallest absolute Gasteiger partial charge is 0.450 e. The Balaban J connectivity index is 0.000000180. The largest absolute Gasteiger partial charge is 0.503 e. The Kier molecular flexibility index (Phi) is 3.95. The van der Waals surface area contributed by atoms with Gasteiger partial charge in [0.05, 0.1) is 0 Å². The van der Waals surface area contributed by atoms with E-state index in [1.54, 1.807) is 6.08 Å². The van der Waals surface area contributed by atoms with Crippen LogP contribution >= 0.6 is 0 Å². The van der Waals surface area contributed by atoms with Gasteiger partial charge in [0.2, 0.25) is 0 Å². The zero-order valence-electron chi connectivity index (χ0n) is 5.28. The molecule has 0 amide bonds. The number of allylic oxidation sites excluding steroid dienone is 2. The second kappa shape index (κ2) is 4.55. The van der Waals surface area contributed by atoms with E-state index in [9.17, 15) is 4.79 Å². The number of hydrogen-bond acceptors (Lipinski definition) is 2. The van der Waals surface area contributed by atoms with E-state index in [2.05, 4.69) is 0 Å². The lowest BCUT2D eigenvalue weighted by atomic mass is 10.3. The van der Waals surface area contributed by atoms with Crippen LogP contribution in [-0.4, -0.2) is 22.2 Å². The molecule has 4 nitrogen and oxygen atoms in total. The molecular weight excluding hydrogens is 136 g/mol. The molecule has 0 saturated heterocycles. The van der Waals surface area contributed by atoms with Gasteiger partial charge in [0.15, 0.2) is 5.78 Å². The summed E-state index contributed by atoms with van der Waals surface area (Å²) in [5, 5.41) is 13.9. The Labute approximate surface area is 57.8 Å². The lowest BCUT2D eigenvalue weighted by Crippen LogP contribution is -1.81. The van der Waals surface area contributed by atoms with Gasteiger partial charge in [-0.25, -0.2) is 4.79 Å². The van der Waals surface area contributed by atoms with Gasteiger partial charge in [0.1, 0.15) is 0 Å². The zero-order chi connectivity index (χ0) is 7.98. The molecule has 56 valence electrons. The van der Waals surface area contributed by atoms with Crippen LogP contribution in [0.5, 0.6) is 0 Å². The monoisotopic (exact) mass is 144 g/mol. The molecule has 10 heavy (non-hydrogen) atoms. The van der Waals surface area contributed by atoms with Gasteiger partial charge in [-0.3, -0.25) is 4.79 Å². The first-order valence-electron chi connectivity index (χ1n) is 2.74. The number of carboxylic acid groups (broad SMARTS) is 2. The number of carbonyl (C=O) groups excluding carboxylic acids is 1. The first-order valence-corrected chi connectivity index (χ1v) is 2.74. The molecule has 1 aliphatic rings. The number of hydrogen-bond donors (Lipinski definition) is 2. The van der Waals surface area contributed by atoms with Crippen LogP contribution < -0.4 is 0 Å². The fraction of sp³-hybridized carbons (Fsp3) is 0.333. The van der Waals surface area contributed by atoms with Gasteiger partial charge >= 0.3 is 6.16 Å². The molecule has 1 rings (SSSR count).